The smallest absolute Gasteiger partial charge is 0.287 e. The summed E-state index contributed by atoms with van der Waals surface area (Å²) in [5, 5.41) is 2.96. The minimum absolute atomic E-state index is 0.0692. The van der Waals surface area contributed by atoms with Crippen LogP contribution >= 0.6 is 0 Å². The molecule has 0 saturated heterocycles. The molecular formula is C29H32N4O3. The summed E-state index contributed by atoms with van der Waals surface area (Å²) in [6.45, 7) is 2.64. The number of hydrogen-bond donors (Lipinski definition) is 1. The molecule has 1 aliphatic rings. The fourth-order valence-corrected chi connectivity index (χ4v) is 5.15. The van der Waals surface area contributed by atoms with Crippen molar-refractivity contribution in [2.45, 2.75) is 64.2 Å². The van der Waals surface area contributed by atoms with Crippen LogP contribution in [0.1, 0.15) is 67.0 Å². The van der Waals surface area contributed by atoms with E-state index in [1.165, 1.54) is 12.7 Å². The molecule has 2 amide bonds. The predicted molar refractivity (Wildman–Crippen MR) is 138 cm³/mol. The molecule has 0 bridgehead atoms. The van der Waals surface area contributed by atoms with E-state index >= 15 is 0 Å². The minimum atomic E-state index is -0.417. The van der Waals surface area contributed by atoms with E-state index in [2.05, 4.69) is 22.3 Å². The standard InChI is InChI=1S/C29H32N4O3/c1-21(30-29(35)26-17-10-18-36-26)28-31-24-15-8-9-16-25(24)33(28)20-27(34)32(23-13-6-3-7-14-23)19-22-11-4-2-5-12-22/h2,4-5,8-12,15-18,21,23H,3,6-7,13-14,19-20H2,1H3,(H,30,35). The van der Waals surface area contributed by atoms with Gasteiger partial charge >= 0.3 is 0 Å². The van der Waals surface area contributed by atoms with Crippen LogP contribution in [0.15, 0.2) is 77.4 Å². The van der Waals surface area contributed by atoms with Gasteiger partial charge < -0.3 is 19.2 Å². The van der Waals surface area contributed by atoms with Gasteiger partial charge in [-0.25, -0.2) is 4.98 Å². The third-order valence-electron chi connectivity index (χ3n) is 6.99. The van der Waals surface area contributed by atoms with Gasteiger partial charge in [0, 0.05) is 12.6 Å². The van der Waals surface area contributed by atoms with E-state index < -0.39 is 6.04 Å². The SMILES string of the molecule is CC(NC(=O)c1ccco1)c1nc2ccccc2n1CC(=O)N(Cc1ccccc1)C1CCCCC1. The van der Waals surface area contributed by atoms with E-state index in [0.717, 1.165) is 42.3 Å². The third kappa shape index (κ3) is 5.20. The Morgan fingerprint density at radius 3 is 2.53 bits per heavy atom. The Bertz CT molecular complexity index is 1310. The second-order valence-electron chi connectivity index (χ2n) is 9.52. The topological polar surface area (TPSA) is 80.4 Å². The maximum absolute atomic E-state index is 13.9. The highest BCUT2D eigenvalue weighted by molar-refractivity contribution is 5.91. The first kappa shape index (κ1) is 23.9. The number of para-hydroxylation sites is 2. The molecule has 1 saturated carbocycles. The third-order valence-corrected chi connectivity index (χ3v) is 6.99. The van der Waals surface area contributed by atoms with Crippen LogP contribution in [0.5, 0.6) is 0 Å². The van der Waals surface area contributed by atoms with Crippen molar-refractivity contribution < 1.29 is 14.0 Å². The first-order valence-electron chi connectivity index (χ1n) is 12.7. The predicted octanol–water partition coefficient (Wildman–Crippen LogP) is 5.48. The van der Waals surface area contributed by atoms with E-state index in [9.17, 15) is 9.59 Å². The quantitative estimate of drug-likeness (QED) is 0.359. The van der Waals surface area contributed by atoms with Crippen LogP contribution in [0, 0.1) is 0 Å². The molecule has 1 unspecified atom stereocenters. The molecule has 2 aromatic heterocycles. The van der Waals surface area contributed by atoms with Gasteiger partial charge in [0.25, 0.3) is 5.91 Å². The summed E-state index contributed by atoms with van der Waals surface area (Å²) in [5.41, 5.74) is 2.81. The molecule has 5 rings (SSSR count). The summed E-state index contributed by atoms with van der Waals surface area (Å²) in [6, 6.07) is 21.1. The van der Waals surface area contributed by atoms with Gasteiger partial charge in [0.2, 0.25) is 5.91 Å². The number of imidazole rings is 1. The normalized spacial score (nSPS) is 15.0. The Balaban J connectivity index is 1.43. The zero-order valence-corrected chi connectivity index (χ0v) is 20.6. The molecule has 2 heterocycles. The number of aromatic nitrogens is 2. The largest absolute Gasteiger partial charge is 0.459 e. The summed E-state index contributed by atoms with van der Waals surface area (Å²) in [5.74, 6) is 0.643. The Kier molecular flexibility index (Phi) is 7.16. The van der Waals surface area contributed by atoms with Gasteiger partial charge in [0.05, 0.1) is 23.3 Å². The van der Waals surface area contributed by atoms with Crippen molar-refractivity contribution in [1.82, 2.24) is 19.8 Å². The molecule has 1 N–H and O–H groups in total. The van der Waals surface area contributed by atoms with Crippen molar-refractivity contribution in [3.05, 3.63) is 90.1 Å². The van der Waals surface area contributed by atoms with Crippen LogP contribution in [0.3, 0.4) is 0 Å². The van der Waals surface area contributed by atoms with Crippen molar-refractivity contribution in [2.24, 2.45) is 0 Å². The van der Waals surface area contributed by atoms with E-state index in [1.54, 1.807) is 12.1 Å². The second-order valence-corrected chi connectivity index (χ2v) is 9.52. The van der Waals surface area contributed by atoms with Crippen LogP contribution in [0.4, 0.5) is 0 Å². The number of carbonyl (C=O) groups excluding carboxylic acids is 2. The molecule has 1 fully saturated rings. The lowest BCUT2D eigenvalue weighted by Crippen LogP contribution is -2.43. The number of amides is 2. The monoisotopic (exact) mass is 484 g/mol. The average Bonchev–Trinajstić information content (AvgIpc) is 3.57. The van der Waals surface area contributed by atoms with Crippen LogP contribution in [0.2, 0.25) is 0 Å². The number of rotatable bonds is 8. The Hall–Kier alpha value is -3.87. The van der Waals surface area contributed by atoms with Gasteiger partial charge in [-0.1, -0.05) is 61.7 Å². The number of fused-ring (bicyclic) bond motifs is 1. The van der Waals surface area contributed by atoms with E-state index in [-0.39, 0.29) is 30.2 Å². The van der Waals surface area contributed by atoms with Crippen molar-refractivity contribution in [2.75, 3.05) is 0 Å². The van der Waals surface area contributed by atoms with Gasteiger partial charge in [-0.2, -0.15) is 0 Å². The number of nitrogens with one attached hydrogen (secondary N) is 1. The summed E-state index contributed by atoms with van der Waals surface area (Å²) in [7, 11) is 0. The van der Waals surface area contributed by atoms with Crippen LogP contribution in [-0.2, 0) is 17.9 Å². The maximum Gasteiger partial charge on any atom is 0.287 e. The number of nitrogens with zero attached hydrogens (tertiary/aromatic N) is 3. The maximum atomic E-state index is 13.9. The first-order valence-corrected chi connectivity index (χ1v) is 12.7. The Morgan fingerprint density at radius 1 is 1.03 bits per heavy atom. The van der Waals surface area contributed by atoms with Crippen molar-refractivity contribution >= 4 is 22.8 Å². The van der Waals surface area contributed by atoms with E-state index in [0.29, 0.717) is 12.4 Å². The van der Waals surface area contributed by atoms with Gasteiger partial charge in [0.15, 0.2) is 5.76 Å². The van der Waals surface area contributed by atoms with E-state index in [4.69, 9.17) is 9.40 Å². The Morgan fingerprint density at radius 2 is 1.78 bits per heavy atom. The lowest BCUT2D eigenvalue weighted by Gasteiger charge is -2.35. The van der Waals surface area contributed by atoms with Gasteiger partial charge in [-0.05, 0) is 49.6 Å². The molecule has 0 spiro atoms. The molecule has 2 aromatic carbocycles. The minimum Gasteiger partial charge on any atom is -0.459 e. The first-order chi connectivity index (χ1) is 17.6. The zero-order chi connectivity index (χ0) is 24.9. The van der Waals surface area contributed by atoms with Crippen molar-refractivity contribution in [3.63, 3.8) is 0 Å². The van der Waals surface area contributed by atoms with Gasteiger partial charge in [-0.3, -0.25) is 9.59 Å². The summed E-state index contributed by atoms with van der Waals surface area (Å²) >= 11 is 0. The molecule has 0 aliphatic heterocycles. The molecule has 0 radical (unpaired) electrons. The molecule has 4 aromatic rings. The second kappa shape index (κ2) is 10.8. The fraction of sp³-hybridized carbons (Fsp3) is 0.345. The van der Waals surface area contributed by atoms with Crippen LogP contribution in [0.25, 0.3) is 11.0 Å². The molecular weight excluding hydrogens is 452 g/mol. The highest BCUT2D eigenvalue weighted by Gasteiger charge is 2.28. The number of furan rings is 1. The summed E-state index contributed by atoms with van der Waals surface area (Å²) in [6.07, 6.45) is 7.07. The number of hydrogen-bond acceptors (Lipinski definition) is 4. The highest BCUT2D eigenvalue weighted by Crippen LogP contribution is 2.26. The van der Waals surface area contributed by atoms with Crippen LogP contribution < -0.4 is 5.32 Å². The van der Waals surface area contributed by atoms with Crippen molar-refractivity contribution in [1.29, 1.82) is 0 Å². The molecule has 36 heavy (non-hydrogen) atoms. The summed E-state index contributed by atoms with van der Waals surface area (Å²) in [4.78, 5) is 33.4. The summed E-state index contributed by atoms with van der Waals surface area (Å²) < 4.78 is 7.19. The molecule has 1 aliphatic carbocycles. The fourth-order valence-electron chi connectivity index (χ4n) is 5.15. The lowest BCUT2D eigenvalue weighted by atomic mass is 9.93. The highest BCUT2D eigenvalue weighted by atomic mass is 16.3. The van der Waals surface area contributed by atoms with E-state index in [1.807, 2.05) is 54.0 Å². The Labute approximate surface area is 211 Å². The average molecular weight is 485 g/mol. The number of carbonyl (C=O) groups is 2. The number of benzene rings is 2. The zero-order valence-electron chi connectivity index (χ0n) is 20.6. The molecule has 7 nitrogen and oxygen atoms in total. The molecule has 1 atom stereocenters. The van der Waals surface area contributed by atoms with Gasteiger partial charge in [-0.15, -0.1) is 0 Å². The molecule has 186 valence electrons. The van der Waals surface area contributed by atoms with Gasteiger partial charge in [0.1, 0.15) is 12.4 Å². The van der Waals surface area contributed by atoms with Crippen molar-refractivity contribution in [3.8, 4) is 0 Å². The lowest BCUT2D eigenvalue weighted by molar-refractivity contribution is -0.135. The van der Waals surface area contributed by atoms with Crippen LogP contribution in [-0.4, -0.2) is 32.3 Å². The molecule has 7 heteroatoms.